The number of carbonyl (C=O) groups excluding carboxylic acids is 1. The fraction of sp³-hybridized carbons (Fsp3) is 0.333. The third kappa shape index (κ3) is 2.11. The van der Waals surface area contributed by atoms with E-state index in [0.29, 0.717) is 5.75 Å². The molecule has 0 radical (unpaired) electrons. The van der Waals surface area contributed by atoms with Crippen LogP contribution in [0, 0.1) is 13.8 Å². The third-order valence-corrected chi connectivity index (χ3v) is 3.72. The van der Waals surface area contributed by atoms with Crippen molar-refractivity contribution >= 4 is 28.5 Å². The molecule has 1 aliphatic rings. The van der Waals surface area contributed by atoms with Crippen LogP contribution in [-0.2, 0) is 4.79 Å². The number of amides is 1. The summed E-state index contributed by atoms with van der Waals surface area (Å²) in [4.78, 5) is 17.4. The van der Waals surface area contributed by atoms with Crippen molar-refractivity contribution in [3.05, 3.63) is 29.3 Å². The van der Waals surface area contributed by atoms with Gasteiger partial charge in [-0.1, -0.05) is 17.8 Å². The number of thioether (sulfide) groups is 1. The van der Waals surface area contributed by atoms with E-state index in [1.807, 2.05) is 12.1 Å². The summed E-state index contributed by atoms with van der Waals surface area (Å²) in [6.07, 6.45) is 0. The van der Waals surface area contributed by atoms with Gasteiger partial charge in [0.25, 0.3) is 0 Å². The van der Waals surface area contributed by atoms with Crippen molar-refractivity contribution in [2.24, 2.45) is 4.99 Å². The Labute approximate surface area is 99.6 Å². The Hall–Kier alpha value is -1.29. The molecule has 0 bridgehead atoms. The third-order valence-electron chi connectivity index (χ3n) is 2.70. The zero-order valence-corrected chi connectivity index (χ0v) is 10.5. The summed E-state index contributed by atoms with van der Waals surface area (Å²) in [5.74, 6) is 0.618. The van der Waals surface area contributed by atoms with E-state index < -0.39 is 0 Å². The molecule has 0 atom stereocenters. The monoisotopic (exact) mass is 234 g/mol. The summed E-state index contributed by atoms with van der Waals surface area (Å²) < 4.78 is 0. The number of aryl methyl sites for hydroxylation is 2. The second kappa shape index (κ2) is 4.29. The molecule has 3 nitrogen and oxygen atoms in total. The van der Waals surface area contributed by atoms with Crippen molar-refractivity contribution in [3.63, 3.8) is 0 Å². The summed E-state index contributed by atoms with van der Waals surface area (Å²) in [6, 6.07) is 6.07. The van der Waals surface area contributed by atoms with Crippen LogP contribution in [0.25, 0.3) is 0 Å². The lowest BCUT2D eigenvalue weighted by molar-refractivity contribution is -0.123. The SMILES string of the molecule is Cc1ccc(N=C2SCC(=O)N2C)cc1C. The van der Waals surface area contributed by atoms with Crippen molar-refractivity contribution in [3.8, 4) is 0 Å². The van der Waals surface area contributed by atoms with Gasteiger partial charge in [-0.25, -0.2) is 4.99 Å². The molecule has 1 heterocycles. The van der Waals surface area contributed by atoms with Gasteiger partial charge >= 0.3 is 0 Å². The molecule has 0 spiro atoms. The van der Waals surface area contributed by atoms with Crippen molar-refractivity contribution in [1.82, 2.24) is 4.90 Å². The summed E-state index contributed by atoms with van der Waals surface area (Å²) >= 11 is 1.49. The maximum atomic E-state index is 11.3. The normalized spacial score (nSPS) is 18.6. The minimum absolute atomic E-state index is 0.118. The molecule has 1 saturated heterocycles. The van der Waals surface area contributed by atoms with Crippen LogP contribution in [0.2, 0.25) is 0 Å². The number of aliphatic imine (C=N–C) groups is 1. The van der Waals surface area contributed by atoms with Crippen molar-refractivity contribution in [2.75, 3.05) is 12.8 Å². The molecule has 1 aliphatic heterocycles. The predicted molar refractivity (Wildman–Crippen MR) is 68.2 cm³/mol. The molecule has 0 saturated carbocycles. The molecule has 0 unspecified atom stereocenters. The molecule has 1 aromatic rings. The van der Waals surface area contributed by atoms with Gasteiger partial charge in [0.2, 0.25) is 5.91 Å². The van der Waals surface area contributed by atoms with E-state index in [-0.39, 0.29) is 5.91 Å². The Balaban J connectivity index is 2.29. The first-order chi connectivity index (χ1) is 7.58. The fourth-order valence-electron chi connectivity index (χ4n) is 1.44. The molecular weight excluding hydrogens is 220 g/mol. The highest BCUT2D eigenvalue weighted by Crippen LogP contribution is 2.23. The maximum absolute atomic E-state index is 11.3. The van der Waals surface area contributed by atoms with Crippen molar-refractivity contribution < 1.29 is 4.79 Å². The van der Waals surface area contributed by atoms with E-state index in [4.69, 9.17) is 0 Å². The molecule has 1 amide bonds. The number of nitrogens with zero attached hydrogens (tertiary/aromatic N) is 2. The average molecular weight is 234 g/mol. The van der Waals surface area contributed by atoms with Crippen LogP contribution in [-0.4, -0.2) is 28.8 Å². The first kappa shape index (κ1) is 11.2. The van der Waals surface area contributed by atoms with E-state index in [0.717, 1.165) is 10.9 Å². The lowest BCUT2D eigenvalue weighted by Crippen LogP contribution is -2.24. The smallest absolute Gasteiger partial charge is 0.238 e. The Morgan fingerprint density at radius 3 is 2.62 bits per heavy atom. The van der Waals surface area contributed by atoms with Gasteiger partial charge in [-0.3, -0.25) is 9.69 Å². The first-order valence-corrected chi connectivity index (χ1v) is 6.12. The molecule has 84 valence electrons. The standard InChI is InChI=1S/C12H14N2OS/c1-8-4-5-10(6-9(8)2)13-12-14(3)11(15)7-16-12/h4-6H,7H2,1-3H3. The molecule has 2 rings (SSSR count). The van der Waals surface area contributed by atoms with Gasteiger partial charge in [0.1, 0.15) is 0 Å². The number of hydrogen-bond acceptors (Lipinski definition) is 3. The van der Waals surface area contributed by atoms with Crippen LogP contribution >= 0.6 is 11.8 Å². The Morgan fingerprint density at radius 1 is 1.31 bits per heavy atom. The highest BCUT2D eigenvalue weighted by Gasteiger charge is 2.24. The number of rotatable bonds is 1. The maximum Gasteiger partial charge on any atom is 0.238 e. The Kier molecular flexibility index (Phi) is 3.01. The van der Waals surface area contributed by atoms with Gasteiger partial charge in [-0.15, -0.1) is 0 Å². The largest absolute Gasteiger partial charge is 0.294 e. The van der Waals surface area contributed by atoms with Crippen LogP contribution in [0.1, 0.15) is 11.1 Å². The van der Waals surface area contributed by atoms with Gasteiger partial charge in [-0.2, -0.15) is 0 Å². The second-order valence-corrected chi connectivity index (χ2v) is 4.85. The second-order valence-electron chi connectivity index (χ2n) is 3.90. The minimum atomic E-state index is 0.118. The van der Waals surface area contributed by atoms with Gasteiger partial charge in [-0.05, 0) is 37.1 Å². The molecule has 0 N–H and O–H groups in total. The van der Waals surface area contributed by atoms with Gasteiger partial charge in [0, 0.05) is 7.05 Å². The number of benzene rings is 1. The van der Waals surface area contributed by atoms with E-state index >= 15 is 0 Å². The fourth-order valence-corrected chi connectivity index (χ4v) is 2.35. The Bertz CT molecular complexity index is 468. The lowest BCUT2D eigenvalue weighted by Gasteiger charge is -2.08. The number of amidine groups is 1. The summed E-state index contributed by atoms with van der Waals surface area (Å²) in [5.41, 5.74) is 3.39. The molecule has 4 heteroatoms. The van der Waals surface area contributed by atoms with E-state index in [1.54, 1.807) is 11.9 Å². The molecule has 0 aromatic heterocycles. The minimum Gasteiger partial charge on any atom is -0.294 e. The highest BCUT2D eigenvalue weighted by atomic mass is 32.2. The summed E-state index contributed by atoms with van der Waals surface area (Å²) in [5, 5.41) is 0.785. The van der Waals surface area contributed by atoms with Crippen LogP contribution in [0.15, 0.2) is 23.2 Å². The summed E-state index contributed by atoms with van der Waals surface area (Å²) in [6.45, 7) is 4.14. The number of carbonyl (C=O) groups is 1. The molecule has 0 aliphatic carbocycles. The quantitative estimate of drug-likeness (QED) is 0.748. The predicted octanol–water partition coefficient (Wildman–Crippen LogP) is 2.50. The van der Waals surface area contributed by atoms with Crippen LogP contribution in [0.4, 0.5) is 5.69 Å². The van der Waals surface area contributed by atoms with Crippen LogP contribution < -0.4 is 0 Å². The van der Waals surface area contributed by atoms with Crippen molar-refractivity contribution in [1.29, 1.82) is 0 Å². The van der Waals surface area contributed by atoms with E-state index in [2.05, 4.69) is 24.9 Å². The molecule has 16 heavy (non-hydrogen) atoms. The van der Waals surface area contributed by atoms with E-state index in [9.17, 15) is 4.79 Å². The topological polar surface area (TPSA) is 32.7 Å². The lowest BCUT2D eigenvalue weighted by atomic mass is 10.1. The molecule has 1 fully saturated rings. The average Bonchev–Trinajstić information content (AvgIpc) is 2.55. The van der Waals surface area contributed by atoms with Gasteiger partial charge in [0.05, 0.1) is 11.4 Å². The van der Waals surface area contributed by atoms with E-state index in [1.165, 1.54) is 22.9 Å². The highest BCUT2D eigenvalue weighted by molar-refractivity contribution is 8.15. The van der Waals surface area contributed by atoms with Crippen LogP contribution in [0.5, 0.6) is 0 Å². The first-order valence-electron chi connectivity index (χ1n) is 5.13. The zero-order valence-electron chi connectivity index (χ0n) is 9.65. The molecule has 1 aromatic carbocycles. The Morgan fingerprint density at radius 2 is 2.06 bits per heavy atom. The van der Waals surface area contributed by atoms with Gasteiger partial charge < -0.3 is 0 Å². The van der Waals surface area contributed by atoms with Gasteiger partial charge in [0.15, 0.2) is 5.17 Å². The van der Waals surface area contributed by atoms with Crippen LogP contribution in [0.3, 0.4) is 0 Å². The number of hydrogen-bond donors (Lipinski definition) is 0. The summed E-state index contributed by atoms with van der Waals surface area (Å²) in [7, 11) is 1.77. The molecular formula is C12H14N2OS. The van der Waals surface area contributed by atoms with Crippen molar-refractivity contribution in [2.45, 2.75) is 13.8 Å². The zero-order chi connectivity index (χ0) is 11.7.